The van der Waals surface area contributed by atoms with Crippen molar-refractivity contribution in [2.45, 2.75) is 0 Å². The molecule has 5 nitrogen and oxygen atoms in total. The molecule has 9 aromatic rings. The molecular formula is C45H25N5. The van der Waals surface area contributed by atoms with Crippen molar-refractivity contribution in [3.8, 4) is 45.8 Å². The molecule has 50 heavy (non-hydrogen) atoms. The number of para-hydroxylation sites is 4. The summed E-state index contributed by atoms with van der Waals surface area (Å²) in [4.78, 5) is 3.93. The van der Waals surface area contributed by atoms with Crippen LogP contribution in [0, 0.1) is 29.2 Å². The Morgan fingerprint density at radius 3 is 1.86 bits per heavy atom. The summed E-state index contributed by atoms with van der Waals surface area (Å²) in [5, 5.41) is 24.1. The zero-order valence-electron chi connectivity index (χ0n) is 26.7. The summed E-state index contributed by atoms with van der Waals surface area (Å²) < 4.78 is 4.39. The van der Waals surface area contributed by atoms with Crippen LogP contribution in [0.25, 0.3) is 82.1 Å². The second-order valence-corrected chi connectivity index (χ2v) is 12.3. The lowest BCUT2D eigenvalue weighted by Crippen LogP contribution is -1.99. The van der Waals surface area contributed by atoms with E-state index in [9.17, 15) is 10.5 Å². The summed E-state index contributed by atoms with van der Waals surface area (Å²) >= 11 is 0. The maximum absolute atomic E-state index is 10.3. The zero-order chi connectivity index (χ0) is 33.8. The molecule has 0 spiro atoms. The van der Waals surface area contributed by atoms with E-state index in [1.165, 1.54) is 0 Å². The highest BCUT2D eigenvalue weighted by molar-refractivity contribution is 6.12. The Morgan fingerprint density at radius 2 is 1.14 bits per heavy atom. The third-order valence-electron chi connectivity index (χ3n) is 9.58. The Hall–Kier alpha value is -7.39. The lowest BCUT2D eigenvalue weighted by molar-refractivity contribution is 1.18. The smallest absolute Gasteiger partial charge is 0.189 e. The first-order valence-electron chi connectivity index (χ1n) is 16.3. The fourth-order valence-corrected chi connectivity index (χ4v) is 7.49. The minimum atomic E-state index is 0.553. The van der Waals surface area contributed by atoms with Crippen LogP contribution in [0.5, 0.6) is 0 Å². The van der Waals surface area contributed by atoms with Crippen LogP contribution >= 0.6 is 0 Å². The number of benzene rings is 7. The Bertz CT molecular complexity index is 2920. The van der Waals surface area contributed by atoms with Gasteiger partial charge in [-0.2, -0.15) is 10.5 Å². The van der Waals surface area contributed by atoms with Crippen LogP contribution in [-0.4, -0.2) is 9.13 Å². The second-order valence-electron chi connectivity index (χ2n) is 12.3. The van der Waals surface area contributed by atoms with Gasteiger partial charge >= 0.3 is 0 Å². The summed E-state index contributed by atoms with van der Waals surface area (Å²) in [5.41, 5.74) is 11.3. The highest BCUT2D eigenvalue weighted by atomic mass is 15.0. The Labute approximate surface area is 288 Å². The number of aromatic nitrogens is 2. The number of hydrogen-bond acceptors (Lipinski definition) is 2. The molecule has 0 aliphatic carbocycles. The van der Waals surface area contributed by atoms with Gasteiger partial charge in [0.2, 0.25) is 0 Å². The second kappa shape index (κ2) is 11.4. The van der Waals surface area contributed by atoms with Crippen molar-refractivity contribution < 1.29 is 0 Å². The van der Waals surface area contributed by atoms with Gasteiger partial charge in [0, 0.05) is 32.8 Å². The van der Waals surface area contributed by atoms with Crippen LogP contribution in [0.1, 0.15) is 11.1 Å². The third kappa shape index (κ3) is 4.31. The minimum Gasteiger partial charge on any atom is -0.310 e. The van der Waals surface area contributed by atoms with Crippen LogP contribution in [-0.2, 0) is 0 Å². The topological polar surface area (TPSA) is 61.8 Å². The maximum atomic E-state index is 10.3. The van der Waals surface area contributed by atoms with Gasteiger partial charge in [-0.25, -0.2) is 4.85 Å². The molecule has 7 aromatic carbocycles. The van der Waals surface area contributed by atoms with Crippen molar-refractivity contribution in [2.24, 2.45) is 0 Å². The molecule has 0 atom stereocenters. The molecule has 0 radical (unpaired) electrons. The van der Waals surface area contributed by atoms with E-state index in [4.69, 9.17) is 6.57 Å². The highest BCUT2D eigenvalue weighted by Gasteiger charge is 2.20. The van der Waals surface area contributed by atoms with E-state index in [0.717, 1.165) is 77.2 Å². The Kier molecular flexibility index (Phi) is 6.56. The average molecular weight is 636 g/mol. The van der Waals surface area contributed by atoms with Crippen molar-refractivity contribution in [1.82, 2.24) is 9.13 Å². The molecule has 0 aliphatic rings. The van der Waals surface area contributed by atoms with Crippen LogP contribution < -0.4 is 0 Å². The van der Waals surface area contributed by atoms with Crippen molar-refractivity contribution in [3.63, 3.8) is 0 Å². The first-order chi connectivity index (χ1) is 24.7. The molecule has 2 heterocycles. The molecule has 5 heteroatoms. The average Bonchev–Trinajstić information content (AvgIpc) is 3.70. The molecule has 230 valence electrons. The van der Waals surface area contributed by atoms with Gasteiger partial charge in [-0.05, 0) is 77.4 Å². The van der Waals surface area contributed by atoms with E-state index in [2.05, 4.69) is 105 Å². The molecule has 0 fully saturated rings. The van der Waals surface area contributed by atoms with Crippen LogP contribution in [0.4, 0.5) is 5.69 Å². The molecule has 0 amide bonds. The minimum absolute atomic E-state index is 0.553. The molecule has 9 rings (SSSR count). The molecule has 0 unspecified atom stereocenters. The summed E-state index contributed by atoms with van der Waals surface area (Å²) in [7, 11) is 0. The van der Waals surface area contributed by atoms with Gasteiger partial charge in [0.25, 0.3) is 0 Å². The predicted octanol–water partition coefficient (Wildman–Crippen LogP) is 11.5. The van der Waals surface area contributed by atoms with Crippen LogP contribution in [0.15, 0.2) is 152 Å². The van der Waals surface area contributed by atoms with Gasteiger partial charge in [-0.15, -0.1) is 0 Å². The summed E-state index contributed by atoms with van der Waals surface area (Å²) in [6.45, 7) is 8.08. The van der Waals surface area contributed by atoms with Crippen molar-refractivity contribution in [1.29, 1.82) is 10.5 Å². The molecular weight excluding hydrogens is 611 g/mol. The number of hydrogen-bond donors (Lipinski definition) is 0. The quantitative estimate of drug-likeness (QED) is 0.181. The van der Waals surface area contributed by atoms with E-state index in [1.54, 1.807) is 0 Å². The van der Waals surface area contributed by atoms with E-state index in [0.29, 0.717) is 16.8 Å². The normalized spacial score (nSPS) is 11.1. The van der Waals surface area contributed by atoms with Crippen LogP contribution in [0.3, 0.4) is 0 Å². The number of nitriles is 2. The molecule has 0 bridgehead atoms. The largest absolute Gasteiger partial charge is 0.310 e. The third-order valence-corrected chi connectivity index (χ3v) is 9.58. The molecule has 0 N–H and O–H groups in total. The van der Waals surface area contributed by atoms with Gasteiger partial charge in [0.05, 0.1) is 51.5 Å². The first-order valence-corrected chi connectivity index (χ1v) is 16.3. The maximum Gasteiger partial charge on any atom is 0.189 e. The molecule has 0 aliphatic heterocycles. The monoisotopic (exact) mass is 635 g/mol. The molecule has 0 saturated heterocycles. The van der Waals surface area contributed by atoms with Gasteiger partial charge in [-0.1, -0.05) is 91.0 Å². The zero-order valence-corrected chi connectivity index (χ0v) is 26.7. The fourth-order valence-electron chi connectivity index (χ4n) is 7.49. The van der Waals surface area contributed by atoms with E-state index in [1.807, 2.05) is 72.8 Å². The van der Waals surface area contributed by atoms with Crippen molar-refractivity contribution >= 4 is 49.3 Å². The fraction of sp³-hybridized carbons (Fsp3) is 0. The van der Waals surface area contributed by atoms with Gasteiger partial charge in [0.1, 0.15) is 6.07 Å². The Morgan fingerprint density at radius 1 is 0.500 bits per heavy atom. The van der Waals surface area contributed by atoms with E-state index < -0.39 is 0 Å². The van der Waals surface area contributed by atoms with Crippen LogP contribution in [0.2, 0.25) is 0 Å². The van der Waals surface area contributed by atoms with Crippen molar-refractivity contribution in [2.75, 3.05) is 0 Å². The predicted molar refractivity (Wildman–Crippen MR) is 202 cm³/mol. The standard InChI is InChI=1S/C45H25N5/c1-48-32-24-31(25-33(26-32)49-41-18-7-5-15-37(41)38-16-6-8-19-42(38)49)34-12-2-3-13-35(34)36-14-4-9-20-43(36)50-44-22-21-29(27-46)23-40(44)39-17-10-11-30(28-47)45(39)50/h2-26H. The van der Waals surface area contributed by atoms with E-state index >= 15 is 0 Å². The molecule has 0 saturated carbocycles. The summed E-state index contributed by atoms with van der Waals surface area (Å²) in [6, 6.07) is 55.5. The number of rotatable bonds is 4. The van der Waals surface area contributed by atoms with Gasteiger partial charge in [-0.3, -0.25) is 0 Å². The van der Waals surface area contributed by atoms with Gasteiger partial charge < -0.3 is 9.13 Å². The lowest BCUT2D eigenvalue weighted by Gasteiger charge is -2.18. The summed E-state index contributed by atoms with van der Waals surface area (Å²) in [6.07, 6.45) is 0. The van der Waals surface area contributed by atoms with E-state index in [-0.39, 0.29) is 0 Å². The summed E-state index contributed by atoms with van der Waals surface area (Å²) in [5.74, 6) is 0. The van der Waals surface area contributed by atoms with Gasteiger partial charge in [0.15, 0.2) is 5.69 Å². The highest BCUT2D eigenvalue weighted by Crippen LogP contribution is 2.42. The SMILES string of the molecule is [C-]#[N+]c1cc(-c2ccccc2-c2ccccc2-n2c3ccc(C#N)cc3c3cccc(C#N)c32)cc(-n2c3ccccc3c3ccccc32)c1. The number of nitrogens with zero attached hydrogens (tertiary/aromatic N) is 5. The lowest BCUT2D eigenvalue weighted by atomic mass is 9.93. The number of fused-ring (bicyclic) bond motifs is 6. The molecule has 2 aromatic heterocycles. The van der Waals surface area contributed by atoms with Crippen molar-refractivity contribution in [3.05, 3.63) is 174 Å². The Balaban J connectivity index is 1.31. The first kappa shape index (κ1) is 28.8.